The van der Waals surface area contributed by atoms with Crippen molar-refractivity contribution in [1.29, 1.82) is 0 Å². The second-order valence-electron chi connectivity index (χ2n) is 7.31. The summed E-state index contributed by atoms with van der Waals surface area (Å²) in [5, 5.41) is 10.5. The number of carbonyl (C=O) groups is 2. The van der Waals surface area contributed by atoms with Gasteiger partial charge in [-0.25, -0.2) is 9.59 Å². The van der Waals surface area contributed by atoms with Crippen LogP contribution in [0.3, 0.4) is 0 Å². The Morgan fingerprint density at radius 1 is 1.10 bits per heavy atom. The number of hydrogen-bond acceptors (Lipinski definition) is 5. The van der Waals surface area contributed by atoms with E-state index >= 15 is 0 Å². The van der Waals surface area contributed by atoms with Gasteiger partial charge in [-0.3, -0.25) is 4.99 Å². The maximum absolute atomic E-state index is 12.3. The van der Waals surface area contributed by atoms with E-state index in [-0.39, 0.29) is 10.8 Å². The molecule has 1 N–H and O–H groups in total. The molecule has 2 aromatic carbocycles. The van der Waals surface area contributed by atoms with Gasteiger partial charge in [0, 0.05) is 35.3 Å². The Bertz CT molecular complexity index is 1040. The van der Waals surface area contributed by atoms with Crippen LogP contribution in [-0.4, -0.2) is 60.1 Å². The smallest absolute Gasteiger partial charge is 0.415 e. The highest BCUT2D eigenvalue weighted by Crippen LogP contribution is 2.38. The zero-order valence-electron chi connectivity index (χ0n) is 16.5. The van der Waals surface area contributed by atoms with Gasteiger partial charge in [0.15, 0.2) is 11.8 Å². The van der Waals surface area contributed by atoms with Crippen molar-refractivity contribution in [1.82, 2.24) is 4.90 Å². The van der Waals surface area contributed by atoms with Gasteiger partial charge in [-0.2, -0.15) is 0 Å². The standard InChI is InChI=1S/C22H20Cl2N2O5/c23-16-4-2-1-3-14(16)18-12-15(20(25-18)21(27)28)13-5-6-19(17(24)11-13)31-22(29)26-7-9-30-10-8-26/h1-6,11,15,20H,7-10,12H2,(H,27,28). The van der Waals surface area contributed by atoms with Gasteiger partial charge in [0.05, 0.1) is 18.2 Å². The molecule has 9 heteroatoms. The summed E-state index contributed by atoms with van der Waals surface area (Å²) < 4.78 is 10.7. The Morgan fingerprint density at radius 3 is 2.52 bits per heavy atom. The fourth-order valence-electron chi connectivity index (χ4n) is 3.77. The van der Waals surface area contributed by atoms with E-state index < -0.39 is 24.0 Å². The summed E-state index contributed by atoms with van der Waals surface area (Å²) in [6.07, 6.45) is -0.0872. The molecule has 0 aliphatic carbocycles. The third kappa shape index (κ3) is 4.69. The fraction of sp³-hybridized carbons (Fsp3) is 0.318. The van der Waals surface area contributed by atoms with Gasteiger partial charge in [0.25, 0.3) is 0 Å². The van der Waals surface area contributed by atoms with Crippen molar-refractivity contribution >= 4 is 41.0 Å². The number of rotatable bonds is 4. The molecule has 2 atom stereocenters. The number of carboxylic acid groups (broad SMARTS) is 1. The van der Waals surface area contributed by atoms with Crippen molar-refractivity contribution in [3.63, 3.8) is 0 Å². The predicted molar refractivity (Wildman–Crippen MR) is 117 cm³/mol. The normalized spacial score (nSPS) is 21.0. The molecule has 2 aromatic rings. The minimum Gasteiger partial charge on any atom is -0.480 e. The highest BCUT2D eigenvalue weighted by atomic mass is 35.5. The molecule has 0 bridgehead atoms. The highest BCUT2D eigenvalue weighted by molar-refractivity contribution is 6.34. The zero-order valence-corrected chi connectivity index (χ0v) is 18.0. The number of morpholine rings is 1. The Balaban J connectivity index is 1.53. The molecule has 31 heavy (non-hydrogen) atoms. The molecule has 2 heterocycles. The number of benzene rings is 2. The highest BCUT2D eigenvalue weighted by Gasteiger charge is 2.37. The second-order valence-corrected chi connectivity index (χ2v) is 8.12. The average molecular weight is 463 g/mol. The molecule has 2 unspecified atom stereocenters. The van der Waals surface area contributed by atoms with E-state index in [0.717, 1.165) is 5.56 Å². The van der Waals surface area contributed by atoms with Gasteiger partial charge >= 0.3 is 12.1 Å². The van der Waals surface area contributed by atoms with Crippen LogP contribution in [0.15, 0.2) is 47.5 Å². The Morgan fingerprint density at radius 2 is 1.84 bits per heavy atom. The molecule has 0 saturated carbocycles. The summed E-state index contributed by atoms with van der Waals surface area (Å²) in [5.41, 5.74) is 2.07. The average Bonchev–Trinajstić information content (AvgIpc) is 3.21. The Kier molecular flexibility index (Phi) is 6.46. The third-order valence-corrected chi connectivity index (χ3v) is 6.00. The monoisotopic (exact) mass is 462 g/mol. The molecule has 2 aliphatic heterocycles. The predicted octanol–water partition coefficient (Wildman–Crippen LogP) is 4.25. The van der Waals surface area contributed by atoms with Crippen molar-refractivity contribution in [2.45, 2.75) is 18.4 Å². The number of amides is 1. The van der Waals surface area contributed by atoms with E-state index in [2.05, 4.69) is 4.99 Å². The first kappa shape index (κ1) is 21.6. The van der Waals surface area contributed by atoms with E-state index in [0.29, 0.717) is 49.0 Å². The molecule has 0 radical (unpaired) electrons. The van der Waals surface area contributed by atoms with Crippen LogP contribution in [-0.2, 0) is 9.53 Å². The number of aliphatic carboxylic acids is 1. The van der Waals surface area contributed by atoms with Crippen LogP contribution >= 0.6 is 23.2 Å². The first-order chi connectivity index (χ1) is 14.9. The largest absolute Gasteiger partial charge is 0.480 e. The number of aliphatic imine (C=N–C) groups is 1. The Hall–Kier alpha value is -2.61. The van der Waals surface area contributed by atoms with Gasteiger partial charge in [-0.15, -0.1) is 0 Å². The Labute approximate surface area is 189 Å². The van der Waals surface area contributed by atoms with E-state index in [1.807, 2.05) is 18.2 Å². The van der Waals surface area contributed by atoms with Crippen LogP contribution in [0.1, 0.15) is 23.5 Å². The fourth-order valence-corrected chi connectivity index (χ4v) is 4.24. The van der Waals surface area contributed by atoms with Crippen molar-refractivity contribution in [2.75, 3.05) is 26.3 Å². The maximum Gasteiger partial charge on any atom is 0.415 e. The molecular formula is C22H20Cl2N2O5. The van der Waals surface area contributed by atoms with Crippen LogP contribution in [0.5, 0.6) is 5.75 Å². The quantitative estimate of drug-likeness (QED) is 0.733. The molecule has 7 nitrogen and oxygen atoms in total. The number of ether oxygens (including phenoxy) is 2. The summed E-state index contributed by atoms with van der Waals surface area (Å²) in [7, 11) is 0. The van der Waals surface area contributed by atoms with E-state index in [1.54, 1.807) is 29.2 Å². The lowest BCUT2D eigenvalue weighted by atomic mass is 9.89. The number of nitrogens with zero attached hydrogens (tertiary/aromatic N) is 2. The lowest BCUT2D eigenvalue weighted by Crippen LogP contribution is -2.42. The molecule has 0 aromatic heterocycles. The summed E-state index contributed by atoms with van der Waals surface area (Å²) in [6.45, 7) is 1.85. The molecule has 2 aliphatic rings. The van der Waals surface area contributed by atoms with Gasteiger partial charge in [-0.05, 0) is 30.2 Å². The second kappa shape index (κ2) is 9.26. The van der Waals surface area contributed by atoms with Crippen LogP contribution in [0, 0.1) is 0 Å². The van der Waals surface area contributed by atoms with Gasteiger partial charge in [-0.1, -0.05) is 47.5 Å². The van der Waals surface area contributed by atoms with Gasteiger partial charge < -0.3 is 19.5 Å². The SMILES string of the molecule is O=C(O)C1N=C(c2ccccc2Cl)CC1c1ccc(OC(=O)N2CCOCC2)c(Cl)c1. The summed E-state index contributed by atoms with van der Waals surface area (Å²) >= 11 is 12.6. The van der Waals surface area contributed by atoms with Crippen molar-refractivity contribution in [2.24, 2.45) is 4.99 Å². The molecule has 1 saturated heterocycles. The summed E-state index contributed by atoms with van der Waals surface area (Å²) in [6, 6.07) is 11.2. The topological polar surface area (TPSA) is 88.4 Å². The molecule has 1 amide bonds. The first-order valence-corrected chi connectivity index (χ1v) is 10.6. The van der Waals surface area contributed by atoms with E-state index in [4.69, 9.17) is 32.7 Å². The first-order valence-electron chi connectivity index (χ1n) is 9.82. The lowest BCUT2D eigenvalue weighted by Gasteiger charge is -2.26. The van der Waals surface area contributed by atoms with Crippen LogP contribution in [0.4, 0.5) is 4.79 Å². The molecule has 1 fully saturated rings. The lowest BCUT2D eigenvalue weighted by molar-refractivity contribution is -0.138. The minimum absolute atomic E-state index is 0.221. The van der Waals surface area contributed by atoms with Crippen LogP contribution in [0.25, 0.3) is 0 Å². The molecule has 4 rings (SSSR count). The third-order valence-electron chi connectivity index (χ3n) is 5.38. The maximum atomic E-state index is 12.3. The number of carbonyl (C=O) groups excluding carboxylic acids is 1. The van der Waals surface area contributed by atoms with Crippen LogP contribution < -0.4 is 4.74 Å². The van der Waals surface area contributed by atoms with Crippen molar-refractivity contribution in [3.05, 3.63) is 63.6 Å². The number of halogens is 2. The molecule has 162 valence electrons. The van der Waals surface area contributed by atoms with Crippen LogP contribution in [0.2, 0.25) is 10.0 Å². The number of hydrogen-bond donors (Lipinski definition) is 1. The zero-order chi connectivity index (χ0) is 22.0. The van der Waals surface area contributed by atoms with Crippen molar-refractivity contribution < 1.29 is 24.2 Å². The van der Waals surface area contributed by atoms with Gasteiger partial charge in [0.1, 0.15) is 0 Å². The van der Waals surface area contributed by atoms with Crippen molar-refractivity contribution in [3.8, 4) is 5.75 Å². The minimum atomic E-state index is -1.02. The molecule has 0 spiro atoms. The summed E-state index contributed by atoms with van der Waals surface area (Å²) in [4.78, 5) is 30.2. The number of carboxylic acids is 1. The van der Waals surface area contributed by atoms with E-state index in [1.165, 1.54) is 0 Å². The van der Waals surface area contributed by atoms with E-state index in [9.17, 15) is 14.7 Å². The van der Waals surface area contributed by atoms with Gasteiger partial charge in [0.2, 0.25) is 0 Å². The summed E-state index contributed by atoms with van der Waals surface area (Å²) in [5.74, 6) is -1.21. The molecular weight excluding hydrogens is 443 g/mol.